The van der Waals surface area contributed by atoms with Crippen LogP contribution in [0.15, 0.2) is 18.2 Å². The quantitative estimate of drug-likeness (QED) is 0.860. The van der Waals surface area contributed by atoms with E-state index in [2.05, 4.69) is 13.8 Å². The first-order valence-corrected chi connectivity index (χ1v) is 5.52. The van der Waals surface area contributed by atoms with Crippen LogP contribution in [0.1, 0.15) is 31.9 Å². The van der Waals surface area contributed by atoms with Crippen molar-refractivity contribution in [2.45, 2.75) is 26.3 Å². The zero-order valence-corrected chi connectivity index (χ0v) is 11.2. The summed E-state index contributed by atoms with van der Waals surface area (Å²) in [6.07, 6.45) is 1.03. The van der Waals surface area contributed by atoms with E-state index in [1.807, 2.05) is 6.07 Å². The molecule has 2 N–H and O–H groups in total. The highest BCUT2D eigenvalue weighted by Crippen LogP contribution is 2.30. The molecule has 0 aliphatic rings. The van der Waals surface area contributed by atoms with E-state index in [1.54, 1.807) is 12.1 Å². The van der Waals surface area contributed by atoms with Crippen molar-refractivity contribution in [3.8, 4) is 0 Å². The van der Waals surface area contributed by atoms with Crippen molar-refractivity contribution in [3.63, 3.8) is 0 Å². The molecule has 4 heteroatoms. The van der Waals surface area contributed by atoms with E-state index in [9.17, 15) is 0 Å². The van der Waals surface area contributed by atoms with Crippen LogP contribution in [0.5, 0.6) is 0 Å². The fourth-order valence-electron chi connectivity index (χ4n) is 1.33. The molecule has 15 heavy (non-hydrogen) atoms. The molecule has 2 atom stereocenters. The molecule has 0 aromatic heterocycles. The molecule has 1 unspecified atom stereocenters. The van der Waals surface area contributed by atoms with Gasteiger partial charge in [0.1, 0.15) is 0 Å². The van der Waals surface area contributed by atoms with Gasteiger partial charge in [-0.15, -0.1) is 12.4 Å². The molecule has 0 amide bonds. The molecule has 0 aliphatic carbocycles. The van der Waals surface area contributed by atoms with E-state index in [0.29, 0.717) is 16.0 Å². The summed E-state index contributed by atoms with van der Waals surface area (Å²) in [5.74, 6) is 0.408. The van der Waals surface area contributed by atoms with Crippen LogP contribution in [-0.4, -0.2) is 0 Å². The predicted molar refractivity (Wildman–Crippen MR) is 70.1 cm³/mol. The highest BCUT2D eigenvalue weighted by atomic mass is 35.5. The maximum Gasteiger partial charge on any atom is 0.0454 e. The smallest absolute Gasteiger partial charge is 0.0454 e. The Hall–Kier alpha value is 0.0500. The third-order valence-corrected chi connectivity index (χ3v) is 3.15. The van der Waals surface area contributed by atoms with Crippen molar-refractivity contribution in [1.29, 1.82) is 0 Å². The van der Waals surface area contributed by atoms with E-state index in [-0.39, 0.29) is 18.4 Å². The zero-order chi connectivity index (χ0) is 10.7. The highest BCUT2D eigenvalue weighted by Gasteiger charge is 2.16. The number of hydrogen-bond donors (Lipinski definition) is 1. The van der Waals surface area contributed by atoms with Crippen molar-refractivity contribution in [1.82, 2.24) is 0 Å². The zero-order valence-electron chi connectivity index (χ0n) is 8.84. The van der Waals surface area contributed by atoms with Crippen LogP contribution < -0.4 is 5.73 Å². The number of rotatable bonds is 3. The maximum absolute atomic E-state index is 6.08. The molecule has 0 heterocycles. The molecule has 0 bridgehead atoms. The van der Waals surface area contributed by atoms with Crippen molar-refractivity contribution in [2.75, 3.05) is 0 Å². The third-order valence-electron chi connectivity index (χ3n) is 2.57. The molecule has 0 saturated heterocycles. The lowest BCUT2D eigenvalue weighted by atomic mass is 9.93. The molecule has 1 nitrogen and oxygen atoms in total. The summed E-state index contributed by atoms with van der Waals surface area (Å²) in [6, 6.07) is 5.38. The van der Waals surface area contributed by atoms with Crippen molar-refractivity contribution in [2.24, 2.45) is 11.7 Å². The highest BCUT2D eigenvalue weighted by molar-refractivity contribution is 6.33. The van der Waals surface area contributed by atoms with Crippen LogP contribution in [0.3, 0.4) is 0 Å². The fraction of sp³-hybridized carbons (Fsp3) is 0.455. The Kier molecular flexibility index (Phi) is 6.62. The molecule has 0 fully saturated rings. The number of benzene rings is 1. The minimum atomic E-state index is -0.0359. The lowest BCUT2D eigenvalue weighted by Gasteiger charge is -2.19. The molecule has 86 valence electrons. The van der Waals surface area contributed by atoms with Crippen LogP contribution >= 0.6 is 35.6 Å². The Balaban J connectivity index is 0.00000196. The summed E-state index contributed by atoms with van der Waals surface area (Å²) in [5, 5.41) is 1.38. The third kappa shape index (κ3) is 3.84. The molecular formula is C11H16Cl3N. The van der Waals surface area contributed by atoms with Gasteiger partial charge in [0.05, 0.1) is 0 Å². The topological polar surface area (TPSA) is 26.0 Å². The van der Waals surface area contributed by atoms with Gasteiger partial charge >= 0.3 is 0 Å². The molecule has 0 saturated carbocycles. The summed E-state index contributed by atoms with van der Waals surface area (Å²) >= 11 is 11.9. The summed E-state index contributed by atoms with van der Waals surface area (Å²) < 4.78 is 0. The van der Waals surface area contributed by atoms with Crippen molar-refractivity contribution < 1.29 is 0 Å². The van der Waals surface area contributed by atoms with E-state index >= 15 is 0 Å². The normalized spacial score (nSPS) is 14.2. The van der Waals surface area contributed by atoms with Crippen LogP contribution in [0, 0.1) is 5.92 Å². The number of nitrogens with two attached hydrogens (primary N) is 1. The van der Waals surface area contributed by atoms with Gasteiger partial charge in [-0.05, 0) is 29.7 Å². The molecule has 1 rings (SSSR count). The minimum absolute atomic E-state index is 0. The van der Waals surface area contributed by atoms with Gasteiger partial charge < -0.3 is 5.73 Å². The van der Waals surface area contributed by atoms with Crippen molar-refractivity contribution in [3.05, 3.63) is 33.8 Å². The van der Waals surface area contributed by atoms with E-state index in [4.69, 9.17) is 28.9 Å². The van der Waals surface area contributed by atoms with Gasteiger partial charge in [-0.2, -0.15) is 0 Å². The standard InChI is InChI=1S/C11H15Cl2N.ClH/c1-3-7(2)11(14)9-6-8(12)4-5-10(9)13;/h4-7,11H,3,14H2,1-2H3;1H/t7?,11-;/m1./s1. The molecule has 0 spiro atoms. The average molecular weight is 269 g/mol. The monoisotopic (exact) mass is 267 g/mol. The molecule has 1 aromatic rings. The minimum Gasteiger partial charge on any atom is -0.324 e. The summed E-state index contributed by atoms with van der Waals surface area (Å²) in [7, 11) is 0. The largest absolute Gasteiger partial charge is 0.324 e. The Labute approximate surface area is 107 Å². The molecular weight excluding hydrogens is 252 g/mol. The Morgan fingerprint density at radius 1 is 1.33 bits per heavy atom. The van der Waals surface area contributed by atoms with Crippen LogP contribution in [0.2, 0.25) is 10.0 Å². The van der Waals surface area contributed by atoms with E-state index < -0.39 is 0 Å². The number of halogens is 3. The molecule has 0 aliphatic heterocycles. The SMILES string of the molecule is CCC(C)[C@@H](N)c1cc(Cl)ccc1Cl.Cl. The fourth-order valence-corrected chi connectivity index (χ4v) is 1.75. The second-order valence-electron chi connectivity index (χ2n) is 3.58. The van der Waals surface area contributed by atoms with Gasteiger partial charge in [0.2, 0.25) is 0 Å². The summed E-state index contributed by atoms with van der Waals surface area (Å²) in [6.45, 7) is 4.23. The lowest BCUT2D eigenvalue weighted by Crippen LogP contribution is -2.18. The molecule has 1 aromatic carbocycles. The Morgan fingerprint density at radius 2 is 1.93 bits per heavy atom. The average Bonchev–Trinajstić information content (AvgIpc) is 2.19. The summed E-state index contributed by atoms with van der Waals surface area (Å²) in [4.78, 5) is 0. The van der Waals surface area contributed by atoms with Gasteiger partial charge in [-0.1, -0.05) is 43.5 Å². The first kappa shape index (κ1) is 15.0. The Morgan fingerprint density at radius 3 is 2.47 bits per heavy atom. The Bertz CT molecular complexity index is 315. The van der Waals surface area contributed by atoms with Crippen LogP contribution in [0.25, 0.3) is 0 Å². The van der Waals surface area contributed by atoms with E-state index in [1.165, 1.54) is 0 Å². The second kappa shape index (κ2) is 6.59. The summed E-state index contributed by atoms with van der Waals surface area (Å²) in [5.41, 5.74) is 7.01. The van der Waals surface area contributed by atoms with E-state index in [0.717, 1.165) is 12.0 Å². The van der Waals surface area contributed by atoms with Gasteiger partial charge in [0.25, 0.3) is 0 Å². The van der Waals surface area contributed by atoms with Gasteiger partial charge in [-0.25, -0.2) is 0 Å². The van der Waals surface area contributed by atoms with Crippen molar-refractivity contribution >= 4 is 35.6 Å². The second-order valence-corrected chi connectivity index (χ2v) is 4.42. The first-order chi connectivity index (χ1) is 6.56. The van der Waals surface area contributed by atoms with Crippen LogP contribution in [0.4, 0.5) is 0 Å². The van der Waals surface area contributed by atoms with Gasteiger partial charge in [0, 0.05) is 16.1 Å². The van der Waals surface area contributed by atoms with Gasteiger partial charge in [-0.3, -0.25) is 0 Å². The van der Waals surface area contributed by atoms with Gasteiger partial charge in [0.15, 0.2) is 0 Å². The number of hydrogen-bond acceptors (Lipinski definition) is 1. The first-order valence-electron chi connectivity index (χ1n) is 4.76. The van der Waals surface area contributed by atoms with Crippen LogP contribution in [-0.2, 0) is 0 Å². The lowest BCUT2D eigenvalue weighted by molar-refractivity contribution is 0.457. The predicted octanol–water partition coefficient (Wildman–Crippen LogP) is 4.46. The maximum atomic E-state index is 6.08. The molecule has 0 radical (unpaired) electrons.